The maximum absolute atomic E-state index is 13.6. The highest BCUT2D eigenvalue weighted by molar-refractivity contribution is 7.98. The SMILES string of the molecule is CSCC[C@H](NC(=O)[C@@H](N)CCCCN)C(=O)N[C@H](C(=O)N[C@@H](CCC(=O)O)C(=O)N[C@@H](CC(=O)O)C(=O)N[C@@H](C)C(=O)N[C@@H](CCCCN)C(=O)O)C(C)C. The fourth-order valence-electron chi connectivity index (χ4n) is 5.09. The summed E-state index contributed by atoms with van der Waals surface area (Å²) in [5.41, 5.74) is 16.9. The first-order chi connectivity index (χ1) is 26.3. The quantitative estimate of drug-likeness (QED) is 0.0329. The normalized spacial score (nSPS) is 14.8. The number of rotatable bonds is 30. The molecule has 0 heterocycles. The highest BCUT2D eigenvalue weighted by atomic mass is 32.2. The Balaban J connectivity index is 6.05. The van der Waals surface area contributed by atoms with Gasteiger partial charge in [0.25, 0.3) is 0 Å². The molecule has 0 saturated heterocycles. The summed E-state index contributed by atoms with van der Waals surface area (Å²) < 4.78 is 0. The van der Waals surface area contributed by atoms with Gasteiger partial charge in [0.15, 0.2) is 0 Å². The molecular weight excluding hydrogens is 758 g/mol. The van der Waals surface area contributed by atoms with E-state index in [0.29, 0.717) is 50.9 Å². The van der Waals surface area contributed by atoms with Gasteiger partial charge in [-0.1, -0.05) is 20.3 Å². The van der Waals surface area contributed by atoms with Crippen LogP contribution in [0.5, 0.6) is 0 Å². The Hall–Kier alpha value is -4.54. The fraction of sp³-hybridized carbons (Fsp3) is 0.735. The zero-order chi connectivity index (χ0) is 43.0. The van der Waals surface area contributed by atoms with Crippen molar-refractivity contribution in [3.63, 3.8) is 0 Å². The third-order valence-electron chi connectivity index (χ3n) is 8.40. The monoisotopic (exact) mass is 819 g/mol. The summed E-state index contributed by atoms with van der Waals surface area (Å²) in [7, 11) is 0. The van der Waals surface area contributed by atoms with Gasteiger partial charge in [-0.15, -0.1) is 0 Å². The molecule has 0 aromatic heterocycles. The van der Waals surface area contributed by atoms with Gasteiger partial charge in [0.2, 0.25) is 35.4 Å². The van der Waals surface area contributed by atoms with E-state index in [2.05, 4.69) is 31.9 Å². The predicted octanol–water partition coefficient (Wildman–Crippen LogP) is -2.67. The van der Waals surface area contributed by atoms with Crippen molar-refractivity contribution >= 4 is 65.1 Å². The van der Waals surface area contributed by atoms with Crippen molar-refractivity contribution in [1.29, 1.82) is 0 Å². The minimum absolute atomic E-state index is 0.0568. The Morgan fingerprint density at radius 1 is 0.554 bits per heavy atom. The zero-order valence-electron chi connectivity index (χ0n) is 32.5. The summed E-state index contributed by atoms with van der Waals surface area (Å²) >= 11 is 1.41. The van der Waals surface area contributed by atoms with E-state index in [4.69, 9.17) is 17.2 Å². The second-order valence-electron chi connectivity index (χ2n) is 13.5. The first-order valence-electron chi connectivity index (χ1n) is 18.4. The highest BCUT2D eigenvalue weighted by Gasteiger charge is 2.34. The van der Waals surface area contributed by atoms with Crippen LogP contribution < -0.4 is 49.1 Å². The first kappa shape index (κ1) is 51.5. The molecule has 0 unspecified atom stereocenters. The summed E-state index contributed by atoms with van der Waals surface area (Å²) in [6.45, 7) is 5.12. The molecule has 0 bridgehead atoms. The number of aliphatic carboxylic acids is 3. The summed E-state index contributed by atoms with van der Waals surface area (Å²) in [6.07, 6.45) is 2.39. The number of carbonyl (C=O) groups is 9. The minimum Gasteiger partial charge on any atom is -0.481 e. The number of unbranched alkanes of at least 4 members (excludes halogenated alkanes) is 2. The van der Waals surface area contributed by atoms with Gasteiger partial charge < -0.3 is 64.4 Å². The molecule has 6 amide bonds. The number of carboxylic acids is 3. The number of hydrogen-bond acceptors (Lipinski definition) is 13. The average Bonchev–Trinajstić information content (AvgIpc) is 3.12. The minimum atomic E-state index is -1.83. The number of carbonyl (C=O) groups excluding carboxylic acids is 6. The standard InChI is InChI=1S/C34H61N9O12S/c1-18(2)27(43-31(51)22(13-16-56-4)39-29(49)20(37)9-5-7-14-35)33(53)40-21(11-12-25(44)45)30(50)42-24(17-26(46)47)32(52)38-19(3)28(48)41-23(34(54)55)10-6-8-15-36/h18-24,27H,5-17,35-37H2,1-4H3,(H,38,52)(H,39,49)(H,40,53)(H,41,48)(H,42,50)(H,43,51)(H,44,45)(H,46,47)(H,54,55)/t19-,20-,21-,22-,23-,24-,27-/m0/s1. The third kappa shape index (κ3) is 20.9. The Bertz CT molecular complexity index is 1340. The number of carboxylic acid groups (broad SMARTS) is 3. The molecule has 0 spiro atoms. The average molecular weight is 820 g/mol. The Morgan fingerprint density at radius 2 is 1.05 bits per heavy atom. The van der Waals surface area contributed by atoms with Crippen LogP contribution in [0.15, 0.2) is 0 Å². The van der Waals surface area contributed by atoms with E-state index < -0.39 is 121 Å². The lowest BCUT2D eigenvalue weighted by Crippen LogP contribution is -2.60. The summed E-state index contributed by atoms with van der Waals surface area (Å²) in [4.78, 5) is 114. The van der Waals surface area contributed by atoms with Crippen LogP contribution in [0.3, 0.4) is 0 Å². The Morgan fingerprint density at radius 3 is 1.57 bits per heavy atom. The lowest BCUT2D eigenvalue weighted by molar-refractivity contribution is -0.143. The van der Waals surface area contributed by atoms with E-state index in [0.717, 1.165) is 0 Å². The molecule has 22 heteroatoms. The van der Waals surface area contributed by atoms with Crippen molar-refractivity contribution in [2.45, 2.75) is 127 Å². The van der Waals surface area contributed by atoms with Gasteiger partial charge in [-0.2, -0.15) is 11.8 Å². The maximum atomic E-state index is 13.6. The summed E-state index contributed by atoms with van der Waals surface area (Å²) in [6, 6.07) is -9.46. The van der Waals surface area contributed by atoms with Crippen LogP contribution in [-0.4, -0.2) is 136 Å². The number of hydrogen-bond donors (Lipinski definition) is 12. The molecule has 0 aromatic rings. The molecule has 15 N–H and O–H groups in total. The van der Waals surface area contributed by atoms with Crippen molar-refractivity contribution in [1.82, 2.24) is 31.9 Å². The van der Waals surface area contributed by atoms with E-state index >= 15 is 0 Å². The number of amides is 6. The Labute approximate surface area is 330 Å². The van der Waals surface area contributed by atoms with Crippen LogP contribution in [0.1, 0.15) is 85.0 Å². The molecule has 0 rings (SSSR count). The predicted molar refractivity (Wildman–Crippen MR) is 206 cm³/mol. The molecule has 0 aliphatic rings. The first-order valence-corrected chi connectivity index (χ1v) is 19.8. The lowest BCUT2D eigenvalue weighted by atomic mass is 10.0. The zero-order valence-corrected chi connectivity index (χ0v) is 33.3. The smallest absolute Gasteiger partial charge is 0.326 e. The fourth-order valence-corrected chi connectivity index (χ4v) is 5.56. The molecule has 0 aliphatic heterocycles. The molecule has 0 saturated carbocycles. The van der Waals surface area contributed by atoms with Crippen LogP contribution in [-0.2, 0) is 43.2 Å². The molecule has 0 aliphatic carbocycles. The van der Waals surface area contributed by atoms with Crippen LogP contribution in [0.4, 0.5) is 0 Å². The van der Waals surface area contributed by atoms with Gasteiger partial charge >= 0.3 is 17.9 Å². The van der Waals surface area contributed by atoms with Crippen molar-refractivity contribution < 1.29 is 58.5 Å². The largest absolute Gasteiger partial charge is 0.481 e. The molecule has 0 aromatic carbocycles. The third-order valence-corrected chi connectivity index (χ3v) is 9.05. The lowest BCUT2D eigenvalue weighted by Gasteiger charge is -2.28. The summed E-state index contributed by atoms with van der Waals surface area (Å²) in [5, 5.41) is 42.5. The molecule has 56 heavy (non-hydrogen) atoms. The van der Waals surface area contributed by atoms with Crippen LogP contribution >= 0.6 is 11.8 Å². The summed E-state index contributed by atoms with van der Waals surface area (Å²) in [5.74, 6) is -9.76. The van der Waals surface area contributed by atoms with Crippen LogP contribution in [0.2, 0.25) is 0 Å². The second kappa shape index (κ2) is 27.9. The molecule has 320 valence electrons. The van der Waals surface area contributed by atoms with E-state index in [1.54, 1.807) is 20.1 Å². The molecule has 0 fully saturated rings. The van der Waals surface area contributed by atoms with Gasteiger partial charge in [-0.3, -0.25) is 38.4 Å². The molecular formula is C34H61N9O12S. The van der Waals surface area contributed by atoms with Crippen LogP contribution in [0, 0.1) is 5.92 Å². The number of thioether (sulfide) groups is 1. The number of nitrogens with two attached hydrogens (primary N) is 3. The van der Waals surface area contributed by atoms with Gasteiger partial charge in [-0.25, -0.2) is 4.79 Å². The maximum Gasteiger partial charge on any atom is 0.326 e. The number of nitrogens with one attached hydrogen (secondary N) is 6. The van der Waals surface area contributed by atoms with Gasteiger partial charge in [0.1, 0.15) is 36.3 Å². The van der Waals surface area contributed by atoms with Crippen molar-refractivity contribution in [3.8, 4) is 0 Å². The van der Waals surface area contributed by atoms with Crippen molar-refractivity contribution in [3.05, 3.63) is 0 Å². The molecule has 7 atom stereocenters. The van der Waals surface area contributed by atoms with Crippen molar-refractivity contribution in [2.24, 2.45) is 23.1 Å². The molecule has 0 radical (unpaired) electrons. The second-order valence-corrected chi connectivity index (χ2v) is 14.5. The van der Waals surface area contributed by atoms with Crippen molar-refractivity contribution in [2.75, 3.05) is 25.1 Å². The van der Waals surface area contributed by atoms with E-state index in [-0.39, 0.29) is 12.8 Å². The topological polar surface area (TPSA) is 365 Å². The highest BCUT2D eigenvalue weighted by Crippen LogP contribution is 2.10. The van der Waals surface area contributed by atoms with Gasteiger partial charge in [0, 0.05) is 6.42 Å². The van der Waals surface area contributed by atoms with E-state index in [9.17, 15) is 58.5 Å². The van der Waals surface area contributed by atoms with E-state index in [1.165, 1.54) is 18.7 Å². The van der Waals surface area contributed by atoms with Gasteiger partial charge in [-0.05, 0) is 82.9 Å². The van der Waals surface area contributed by atoms with Crippen LogP contribution in [0.25, 0.3) is 0 Å². The van der Waals surface area contributed by atoms with E-state index in [1.807, 2.05) is 0 Å². The molecule has 21 nitrogen and oxygen atoms in total. The van der Waals surface area contributed by atoms with Gasteiger partial charge in [0.05, 0.1) is 12.5 Å². The Kier molecular flexibility index (Phi) is 25.7.